The first-order chi connectivity index (χ1) is 13.9. The predicted molar refractivity (Wildman–Crippen MR) is 112 cm³/mol. The van der Waals surface area contributed by atoms with Gasteiger partial charge in [-0.1, -0.05) is 36.4 Å². The van der Waals surface area contributed by atoms with Crippen LogP contribution in [-0.2, 0) is 9.84 Å². The highest BCUT2D eigenvalue weighted by Gasteiger charge is 2.18. The SMILES string of the molecule is CS(=O)(=O)c1ccc(-c2oc3ccccc3c(=O)c2-c2ccc(C=O)cc2)cc1. The highest BCUT2D eigenvalue weighted by atomic mass is 32.2. The number of carbonyl (C=O) groups excluding carboxylic acids is 1. The van der Waals surface area contributed by atoms with Crippen LogP contribution in [0.25, 0.3) is 33.4 Å². The van der Waals surface area contributed by atoms with Crippen LogP contribution < -0.4 is 5.43 Å². The molecule has 0 unspecified atom stereocenters. The molecule has 4 rings (SSSR count). The number of para-hydroxylation sites is 1. The van der Waals surface area contributed by atoms with E-state index in [1.54, 1.807) is 60.7 Å². The lowest BCUT2D eigenvalue weighted by atomic mass is 9.97. The molecule has 0 aliphatic carbocycles. The van der Waals surface area contributed by atoms with Crippen molar-refractivity contribution in [2.45, 2.75) is 4.90 Å². The topological polar surface area (TPSA) is 81.4 Å². The molecule has 6 heteroatoms. The number of hydrogen-bond donors (Lipinski definition) is 0. The molecule has 0 N–H and O–H groups in total. The van der Waals surface area contributed by atoms with Gasteiger partial charge >= 0.3 is 0 Å². The molecule has 5 nitrogen and oxygen atoms in total. The standard InChI is InChI=1S/C23H16O5S/c1-29(26,27)18-12-10-17(11-13-18)23-21(16-8-6-15(14-24)7-9-16)22(25)19-4-2-3-5-20(19)28-23/h2-14H,1H3. The van der Waals surface area contributed by atoms with Crippen LogP contribution in [0.5, 0.6) is 0 Å². The molecule has 0 amide bonds. The van der Waals surface area contributed by atoms with Crippen LogP contribution in [0.15, 0.2) is 86.9 Å². The van der Waals surface area contributed by atoms with Gasteiger partial charge in [0.25, 0.3) is 0 Å². The van der Waals surface area contributed by atoms with Gasteiger partial charge in [0.1, 0.15) is 17.6 Å². The summed E-state index contributed by atoms with van der Waals surface area (Å²) in [6.45, 7) is 0. The maximum absolute atomic E-state index is 13.3. The zero-order valence-corrected chi connectivity index (χ0v) is 16.3. The van der Waals surface area contributed by atoms with E-state index in [9.17, 15) is 18.0 Å². The summed E-state index contributed by atoms with van der Waals surface area (Å²) in [5, 5.41) is 0.443. The smallest absolute Gasteiger partial charge is 0.201 e. The molecule has 0 bridgehead atoms. The third kappa shape index (κ3) is 3.50. The van der Waals surface area contributed by atoms with Crippen molar-refractivity contribution in [1.29, 1.82) is 0 Å². The van der Waals surface area contributed by atoms with Gasteiger partial charge in [-0.05, 0) is 42.0 Å². The van der Waals surface area contributed by atoms with E-state index < -0.39 is 9.84 Å². The maximum atomic E-state index is 13.3. The van der Waals surface area contributed by atoms with Gasteiger partial charge in [-0.15, -0.1) is 0 Å². The Bertz CT molecular complexity index is 1380. The maximum Gasteiger partial charge on any atom is 0.201 e. The Labute approximate surface area is 167 Å². The average molecular weight is 404 g/mol. The van der Waals surface area contributed by atoms with Crippen molar-refractivity contribution in [2.75, 3.05) is 6.26 Å². The van der Waals surface area contributed by atoms with Crippen molar-refractivity contribution in [3.63, 3.8) is 0 Å². The summed E-state index contributed by atoms with van der Waals surface area (Å²) in [6, 6.07) is 19.8. The van der Waals surface area contributed by atoms with Crippen molar-refractivity contribution in [2.24, 2.45) is 0 Å². The molecule has 0 saturated carbocycles. The van der Waals surface area contributed by atoms with E-state index in [1.807, 2.05) is 0 Å². The van der Waals surface area contributed by atoms with E-state index in [1.165, 1.54) is 12.1 Å². The van der Waals surface area contributed by atoms with Gasteiger partial charge in [0.05, 0.1) is 15.8 Å². The zero-order chi connectivity index (χ0) is 20.6. The van der Waals surface area contributed by atoms with Crippen LogP contribution in [0.4, 0.5) is 0 Å². The lowest BCUT2D eigenvalue weighted by Crippen LogP contribution is -2.07. The fourth-order valence-corrected chi connectivity index (χ4v) is 3.82. The Morgan fingerprint density at radius 3 is 2.07 bits per heavy atom. The van der Waals surface area contributed by atoms with Crippen LogP contribution in [0.1, 0.15) is 10.4 Å². The molecule has 29 heavy (non-hydrogen) atoms. The second-order valence-electron chi connectivity index (χ2n) is 6.67. The molecule has 4 aromatic rings. The molecule has 0 radical (unpaired) electrons. The van der Waals surface area contributed by atoms with Crippen LogP contribution in [-0.4, -0.2) is 21.0 Å². The monoisotopic (exact) mass is 404 g/mol. The summed E-state index contributed by atoms with van der Waals surface area (Å²) in [5.41, 5.74) is 2.28. The van der Waals surface area contributed by atoms with E-state index in [2.05, 4.69) is 0 Å². The van der Waals surface area contributed by atoms with Gasteiger partial charge in [-0.2, -0.15) is 0 Å². The second-order valence-corrected chi connectivity index (χ2v) is 8.68. The summed E-state index contributed by atoms with van der Waals surface area (Å²) < 4.78 is 29.6. The largest absolute Gasteiger partial charge is 0.455 e. The van der Waals surface area contributed by atoms with E-state index in [0.717, 1.165) is 12.5 Å². The average Bonchev–Trinajstić information content (AvgIpc) is 2.73. The van der Waals surface area contributed by atoms with Crippen LogP contribution >= 0.6 is 0 Å². The molecule has 0 saturated heterocycles. The first-order valence-corrected chi connectivity index (χ1v) is 10.7. The third-order valence-electron chi connectivity index (χ3n) is 4.68. The van der Waals surface area contributed by atoms with Gasteiger partial charge in [-0.3, -0.25) is 9.59 Å². The molecular weight excluding hydrogens is 388 g/mol. The van der Waals surface area contributed by atoms with Gasteiger partial charge < -0.3 is 4.42 Å². The number of aldehydes is 1. The molecule has 0 spiro atoms. The Balaban J connectivity index is 2.01. The van der Waals surface area contributed by atoms with Gasteiger partial charge in [0, 0.05) is 17.4 Å². The van der Waals surface area contributed by atoms with Crippen molar-refractivity contribution in [3.05, 3.63) is 88.6 Å². The molecule has 0 atom stereocenters. The van der Waals surface area contributed by atoms with Gasteiger partial charge in [-0.25, -0.2) is 8.42 Å². The highest BCUT2D eigenvalue weighted by Crippen LogP contribution is 2.33. The number of hydrogen-bond acceptors (Lipinski definition) is 5. The van der Waals surface area contributed by atoms with E-state index >= 15 is 0 Å². The Kier molecular flexibility index (Phi) is 4.64. The summed E-state index contributed by atoms with van der Waals surface area (Å²) in [7, 11) is -3.34. The Morgan fingerprint density at radius 1 is 0.828 bits per heavy atom. The Morgan fingerprint density at radius 2 is 1.45 bits per heavy atom. The van der Waals surface area contributed by atoms with E-state index in [0.29, 0.717) is 39.0 Å². The summed E-state index contributed by atoms with van der Waals surface area (Å²) in [6.07, 6.45) is 1.87. The summed E-state index contributed by atoms with van der Waals surface area (Å²) in [5.74, 6) is 0.340. The van der Waals surface area contributed by atoms with Crippen molar-refractivity contribution in [3.8, 4) is 22.5 Å². The number of carbonyl (C=O) groups is 1. The van der Waals surface area contributed by atoms with Crippen molar-refractivity contribution in [1.82, 2.24) is 0 Å². The van der Waals surface area contributed by atoms with Crippen LogP contribution in [0.3, 0.4) is 0 Å². The lowest BCUT2D eigenvalue weighted by molar-refractivity contribution is 0.112. The minimum atomic E-state index is -3.34. The first-order valence-electron chi connectivity index (χ1n) is 8.80. The van der Waals surface area contributed by atoms with E-state index in [4.69, 9.17) is 4.42 Å². The fourth-order valence-electron chi connectivity index (χ4n) is 3.19. The van der Waals surface area contributed by atoms with Crippen molar-refractivity contribution < 1.29 is 17.6 Å². The number of sulfone groups is 1. The van der Waals surface area contributed by atoms with Gasteiger partial charge in [0.2, 0.25) is 5.43 Å². The van der Waals surface area contributed by atoms with Crippen LogP contribution in [0, 0.1) is 0 Å². The molecule has 3 aromatic carbocycles. The Hall–Kier alpha value is -3.51. The molecule has 0 fully saturated rings. The summed E-state index contributed by atoms with van der Waals surface area (Å²) in [4.78, 5) is 24.4. The fraction of sp³-hybridized carbons (Fsp3) is 0.0435. The molecular formula is C23H16O5S. The second kappa shape index (κ2) is 7.14. The molecule has 144 valence electrons. The van der Waals surface area contributed by atoms with Crippen LogP contribution in [0.2, 0.25) is 0 Å². The predicted octanol–water partition coefficient (Wildman–Crippen LogP) is 4.34. The van der Waals surface area contributed by atoms with E-state index in [-0.39, 0.29) is 10.3 Å². The number of fused-ring (bicyclic) bond motifs is 1. The normalized spacial score (nSPS) is 11.5. The lowest BCUT2D eigenvalue weighted by Gasteiger charge is -2.11. The molecule has 0 aliphatic rings. The molecule has 0 aliphatic heterocycles. The van der Waals surface area contributed by atoms with Gasteiger partial charge in [0.15, 0.2) is 9.84 Å². The van der Waals surface area contributed by atoms with Crippen molar-refractivity contribution >= 4 is 27.1 Å². The first kappa shape index (κ1) is 18.8. The molecule has 1 aromatic heterocycles. The minimum Gasteiger partial charge on any atom is -0.455 e. The zero-order valence-electron chi connectivity index (χ0n) is 15.5. The third-order valence-corrected chi connectivity index (χ3v) is 5.81. The number of rotatable bonds is 4. The quantitative estimate of drug-likeness (QED) is 0.473. The number of benzene rings is 3. The minimum absolute atomic E-state index is 0.182. The summed E-state index contributed by atoms with van der Waals surface area (Å²) >= 11 is 0. The highest BCUT2D eigenvalue weighted by molar-refractivity contribution is 7.90. The molecule has 1 heterocycles.